The van der Waals surface area contributed by atoms with Crippen molar-refractivity contribution in [1.82, 2.24) is 8.80 Å². The first-order valence-electron chi connectivity index (χ1n) is 30.8. The molecule has 0 unspecified atom stereocenters. The molecule has 0 atom stereocenters. The largest absolute Gasteiger partial charge is 0.309 e. The molecular weight excluding hydrogens is 1070 g/mol. The first-order valence-corrected chi connectivity index (χ1v) is 37.8. The lowest BCUT2D eigenvalue weighted by molar-refractivity contribution is 0.590. The predicted molar refractivity (Wildman–Crippen MR) is 379 cm³/mol. The SMILES string of the molecule is CC(C)(C)c1cccc(N(c2ccc([Si](C)(C)C)cc2-c2ccccc2)c2ccc3c4cc5c(cc4n4c6ccccc6c2c34)c2ccc(N(c3cccc(C(C)(C)C)c3)c3ccc([Si](C)(C)C)cc3-c3ccccc3)c3c4ccccc4n5c23)c1. The molecule has 15 rings (SSSR count). The number of rotatable bonds is 10. The lowest BCUT2D eigenvalue weighted by Gasteiger charge is -2.31. The molecule has 86 heavy (non-hydrogen) atoms. The van der Waals surface area contributed by atoms with Gasteiger partial charge in [0.2, 0.25) is 0 Å². The van der Waals surface area contributed by atoms with Crippen molar-refractivity contribution >= 4 is 137 Å². The van der Waals surface area contributed by atoms with Crippen LogP contribution in [0, 0.1) is 0 Å². The second kappa shape index (κ2) is 19.3. The smallest absolute Gasteiger partial charge is 0.0776 e. The number of fused-ring (bicyclic) bond motifs is 12. The molecule has 0 spiro atoms. The Bertz CT molecular complexity index is 4830. The van der Waals surface area contributed by atoms with Crippen LogP contribution in [0.2, 0.25) is 39.3 Å². The molecule has 4 nitrogen and oxygen atoms in total. The second-order valence-electron chi connectivity index (χ2n) is 28.3. The third-order valence-electron chi connectivity index (χ3n) is 18.6. The number of anilines is 6. The van der Waals surface area contributed by atoms with Crippen LogP contribution in [-0.4, -0.2) is 24.9 Å². The molecule has 4 heterocycles. The van der Waals surface area contributed by atoms with Gasteiger partial charge in [-0.05, 0) is 106 Å². The molecule has 0 radical (unpaired) electrons. The van der Waals surface area contributed by atoms with Gasteiger partial charge < -0.3 is 18.6 Å². The standard InChI is InChI=1S/C80H74N4Si2/c1-79(2,3)53-29-23-31-55(45-53)81(69-41-37-57(85(7,8)9)47-63(69)51-25-15-13-16-26-51)71-43-39-59-65-49-74-66(50-73(65)83-67-35-21-19-33-61(67)75(71)77(59)83)60-40-44-72(76-62-34-20-22-36-68(62)84(74)78(60)76)82(56-32-24-30-54(46-56)80(4,5)6)70-42-38-58(86(10,11)12)48-64(70)52-27-17-14-18-28-52/h13-50H,1-12H3. The van der Waals surface area contributed by atoms with Gasteiger partial charge in [-0.1, -0.05) is 249 Å². The quantitative estimate of drug-likeness (QED) is 0.127. The van der Waals surface area contributed by atoms with Gasteiger partial charge in [0.1, 0.15) is 0 Å². The molecule has 0 N–H and O–H groups in total. The van der Waals surface area contributed by atoms with Gasteiger partial charge in [-0.15, -0.1) is 0 Å². The first-order chi connectivity index (χ1) is 41.2. The summed E-state index contributed by atoms with van der Waals surface area (Å²) in [5.41, 5.74) is 21.8. The fourth-order valence-corrected chi connectivity index (χ4v) is 16.3. The van der Waals surface area contributed by atoms with Crippen LogP contribution < -0.4 is 20.2 Å². The van der Waals surface area contributed by atoms with Crippen LogP contribution in [0.3, 0.4) is 0 Å². The van der Waals surface area contributed by atoms with Gasteiger partial charge in [-0.25, -0.2) is 0 Å². The zero-order valence-electron chi connectivity index (χ0n) is 51.7. The van der Waals surface area contributed by atoms with E-state index >= 15 is 0 Å². The number of hydrogen-bond acceptors (Lipinski definition) is 2. The maximum Gasteiger partial charge on any atom is 0.0776 e. The van der Waals surface area contributed by atoms with Crippen molar-refractivity contribution in [2.75, 3.05) is 9.80 Å². The van der Waals surface area contributed by atoms with E-state index in [-0.39, 0.29) is 10.8 Å². The highest BCUT2D eigenvalue weighted by Gasteiger charge is 2.32. The lowest BCUT2D eigenvalue weighted by Crippen LogP contribution is -2.37. The minimum atomic E-state index is -1.71. The highest BCUT2D eigenvalue weighted by Crippen LogP contribution is 2.53. The topological polar surface area (TPSA) is 15.3 Å². The lowest BCUT2D eigenvalue weighted by atomic mass is 9.86. The van der Waals surface area contributed by atoms with Crippen LogP contribution in [0.5, 0.6) is 0 Å². The number of aromatic nitrogens is 2. The molecule has 4 aromatic heterocycles. The second-order valence-corrected chi connectivity index (χ2v) is 38.4. The molecule has 15 aromatic rings. The molecule has 0 aliphatic heterocycles. The molecule has 0 amide bonds. The van der Waals surface area contributed by atoms with Crippen LogP contribution in [0.25, 0.3) is 98.4 Å². The summed E-state index contributed by atoms with van der Waals surface area (Å²) in [5.74, 6) is 0. The summed E-state index contributed by atoms with van der Waals surface area (Å²) in [6.45, 7) is 28.7. The predicted octanol–water partition coefficient (Wildman–Crippen LogP) is 21.9. The Morgan fingerprint density at radius 3 is 1.06 bits per heavy atom. The summed E-state index contributed by atoms with van der Waals surface area (Å²) in [7, 11) is -3.41. The van der Waals surface area contributed by atoms with Crippen molar-refractivity contribution in [3.63, 3.8) is 0 Å². The third kappa shape index (κ3) is 8.42. The van der Waals surface area contributed by atoms with E-state index in [1.807, 2.05) is 0 Å². The van der Waals surface area contributed by atoms with Crippen LogP contribution in [0.15, 0.2) is 231 Å². The fraction of sp³-hybridized carbons (Fsp3) is 0.175. The number of hydrogen-bond donors (Lipinski definition) is 0. The number of benzene rings is 11. The minimum absolute atomic E-state index is 0.0501. The summed E-state index contributed by atoms with van der Waals surface area (Å²) in [6.07, 6.45) is 0. The summed E-state index contributed by atoms with van der Waals surface area (Å²) in [5, 5.41) is 12.9. The monoisotopic (exact) mass is 1150 g/mol. The Hall–Kier alpha value is -8.95. The van der Waals surface area contributed by atoms with E-state index in [9.17, 15) is 0 Å². The van der Waals surface area contributed by atoms with Gasteiger partial charge in [-0.2, -0.15) is 0 Å². The highest BCUT2D eigenvalue weighted by molar-refractivity contribution is 6.89. The van der Waals surface area contributed by atoms with Gasteiger partial charge >= 0.3 is 0 Å². The van der Waals surface area contributed by atoms with E-state index in [1.165, 1.54) is 143 Å². The number of para-hydroxylation sites is 2. The van der Waals surface area contributed by atoms with Crippen molar-refractivity contribution < 1.29 is 0 Å². The summed E-state index contributed by atoms with van der Waals surface area (Å²) >= 11 is 0. The average Bonchev–Trinajstić information content (AvgIpc) is 1.52. The summed E-state index contributed by atoms with van der Waals surface area (Å²) in [6, 6.07) is 88.3. The zero-order valence-corrected chi connectivity index (χ0v) is 53.7. The molecule has 6 heteroatoms. The van der Waals surface area contributed by atoms with Crippen molar-refractivity contribution in [2.45, 2.75) is 91.7 Å². The Morgan fingerprint density at radius 1 is 0.302 bits per heavy atom. The number of nitrogens with zero attached hydrogens (tertiary/aromatic N) is 4. The van der Waals surface area contributed by atoms with Crippen LogP contribution >= 0.6 is 0 Å². The van der Waals surface area contributed by atoms with Gasteiger partial charge in [0, 0.05) is 65.6 Å². The Labute approximate surface area is 507 Å². The zero-order chi connectivity index (χ0) is 59.3. The minimum Gasteiger partial charge on any atom is -0.309 e. The fourth-order valence-electron chi connectivity index (χ4n) is 14.0. The van der Waals surface area contributed by atoms with E-state index in [2.05, 4.69) is 330 Å². The van der Waals surface area contributed by atoms with Crippen LogP contribution in [0.4, 0.5) is 34.1 Å². The van der Waals surface area contributed by atoms with Crippen LogP contribution in [0.1, 0.15) is 52.7 Å². The van der Waals surface area contributed by atoms with Crippen molar-refractivity contribution in [1.29, 1.82) is 0 Å². The molecule has 11 aromatic carbocycles. The molecule has 422 valence electrons. The van der Waals surface area contributed by atoms with Crippen molar-refractivity contribution in [3.8, 4) is 22.3 Å². The molecule has 0 saturated heterocycles. The van der Waals surface area contributed by atoms with Gasteiger partial charge in [0.05, 0.1) is 72.0 Å². The molecule has 0 bridgehead atoms. The van der Waals surface area contributed by atoms with Crippen molar-refractivity contribution in [3.05, 3.63) is 242 Å². The van der Waals surface area contributed by atoms with Crippen LogP contribution in [-0.2, 0) is 10.8 Å². The van der Waals surface area contributed by atoms with Gasteiger partial charge in [0.15, 0.2) is 0 Å². The Kier molecular flexibility index (Phi) is 12.1. The highest BCUT2D eigenvalue weighted by atomic mass is 28.3. The van der Waals surface area contributed by atoms with E-state index in [0.717, 1.165) is 11.4 Å². The summed E-state index contributed by atoms with van der Waals surface area (Å²) < 4.78 is 5.18. The summed E-state index contributed by atoms with van der Waals surface area (Å²) in [4.78, 5) is 5.15. The molecule has 0 aliphatic carbocycles. The Balaban J connectivity index is 1.01. The van der Waals surface area contributed by atoms with Crippen molar-refractivity contribution in [2.24, 2.45) is 0 Å². The third-order valence-corrected chi connectivity index (χ3v) is 22.6. The van der Waals surface area contributed by atoms with Gasteiger partial charge in [-0.3, -0.25) is 0 Å². The average molecular weight is 1150 g/mol. The Morgan fingerprint density at radius 2 is 0.674 bits per heavy atom. The molecule has 0 aliphatic rings. The van der Waals surface area contributed by atoms with E-state index < -0.39 is 16.1 Å². The molecule has 0 saturated carbocycles. The first kappa shape index (κ1) is 53.8. The molecular formula is C80H74N4Si2. The molecule has 0 fully saturated rings. The maximum atomic E-state index is 2.59. The maximum absolute atomic E-state index is 2.59. The van der Waals surface area contributed by atoms with E-state index in [4.69, 9.17) is 0 Å². The van der Waals surface area contributed by atoms with E-state index in [1.54, 1.807) is 0 Å². The normalized spacial score (nSPS) is 12.9. The van der Waals surface area contributed by atoms with Gasteiger partial charge in [0.25, 0.3) is 0 Å². The van der Waals surface area contributed by atoms with E-state index in [0.29, 0.717) is 0 Å².